The molecule has 2 aromatic carbocycles. The maximum absolute atomic E-state index is 13.2. The molecule has 3 nitrogen and oxygen atoms in total. The van der Waals surface area contributed by atoms with Crippen LogP contribution in [-0.2, 0) is 0 Å². The van der Waals surface area contributed by atoms with E-state index in [2.05, 4.69) is 5.32 Å². The van der Waals surface area contributed by atoms with Crippen LogP contribution in [0, 0.1) is 5.82 Å². The number of halogens is 1. The molecule has 19 heavy (non-hydrogen) atoms. The van der Waals surface area contributed by atoms with Gasteiger partial charge < -0.3 is 10.1 Å². The molecule has 0 fully saturated rings. The summed E-state index contributed by atoms with van der Waals surface area (Å²) in [5.41, 5.74) is 1.55. The molecule has 4 heteroatoms. The Morgan fingerprint density at radius 2 is 1.84 bits per heavy atom. The highest BCUT2D eigenvalue weighted by Crippen LogP contribution is 2.25. The van der Waals surface area contributed by atoms with E-state index in [1.165, 1.54) is 18.4 Å². The summed E-state index contributed by atoms with van der Waals surface area (Å²) in [4.78, 5) is 12.0. The van der Waals surface area contributed by atoms with Crippen LogP contribution in [0.3, 0.4) is 0 Å². The molecule has 0 radical (unpaired) electrons. The molecule has 1 heterocycles. The normalized spacial score (nSPS) is 13.7. The van der Waals surface area contributed by atoms with Crippen LogP contribution in [0.2, 0.25) is 0 Å². The molecule has 1 amide bonds. The molecule has 0 saturated carbocycles. The fourth-order valence-corrected chi connectivity index (χ4v) is 1.88. The minimum atomic E-state index is -0.472. The number of hydrogen-bond donors (Lipinski definition) is 1. The molecule has 0 spiro atoms. The zero-order valence-corrected chi connectivity index (χ0v) is 9.89. The van der Waals surface area contributed by atoms with Crippen molar-refractivity contribution in [2.45, 2.75) is 0 Å². The second-order valence-electron chi connectivity index (χ2n) is 4.11. The molecular formula is C15H10FNO2. The Bertz CT molecular complexity index is 665. The first-order valence-electron chi connectivity index (χ1n) is 5.77. The molecule has 1 N–H and O–H groups in total. The topological polar surface area (TPSA) is 38.3 Å². The molecule has 0 atom stereocenters. The molecule has 0 aliphatic carbocycles. The lowest BCUT2D eigenvalue weighted by atomic mass is 10.1. The highest BCUT2D eigenvalue weighted by Gasteiger charge is 2.19. The number of fused-ring (bicyclic) bond motifs is 1. The summed E-state index contributed by atoms with van der Waals surface area (Å²) in [6.45, 7) is 0. The number of benzene rings is 2. The van der Waals surface area contributed by atoms with E-state index in [0.717, 1.165) is 11.6 Å². The van der Waals surface area contributed by atoms with Crippen LogP contribution in [0.15, 0.2) is 54.8 Å². The SMILES string of the molecule is O=C1NC(c2ccccc2)=COc2ccc(F)cc21. The van der Waals surface area contributed by atoms with Crippen LogP contribution in [-0.4, -0.2) is 5.91 Å². The van der Waals surface area contributed by atoms with Crippen molar-refractivity contribution in [3.63, 3.8) is 0 Å². The lowest BCUT2D eigenvalue weighted by Gasteiger charge is -2.06. The van der Waals surface area contributed by atoms with Gasteiger partial charge in [0.2, 0.25) is 0 Å². The van der Waals surface area contributed by atoms with Crippen LogP contribution in [0.1, 0.15) is 15.9 Å². The standard InChI is InChI=1S/C15H10FNO2/c16-11-6-7-14-12(8-11)15(18)17-13(9-19-14)10-4-2-1-3-5-10/h1-9H,(H,17,18). The van der Waals surface area contributed by atoms with Gasteiger partial charge in [-0.15, -0.1) is 0 Å². The second-order valence-corrected chi connectivity index (χ2v) is 4.11. The second kappa shape index (κ2) is 4.57. The number of carbonyl (C=O) groups is 1. The van der Waals surface area contributed by atoms with Gasteiger partial charge in [-0.05, 0) is 18.2 Å². The van der Waals surface area contributed by atoms with Crippen molar-refractivity contribution >= 4 is 11.6 Å². The van der Waals surface area contributed by atoms with Crippen molar-refractivity contribution in [3.05, 3.63) is 71.7 Å². The minimum absolute atomic E-state index is 0.183. The van der Waals surface area contributed by atoms with E-state index >= 15 is 0 Å². The Morgan fingerprint density at radius 1 is 1.05 bits per heavy atom. The summed E-state index contributed by atoms with van der Waals surface area (Å²) < 4.78 is 18.6. The monoisotopic (exact) mass is 255 g/mol. The molecule has 0 bridgehead atoms. The largest absolute Gasteiger partial charge is 0.462 e. The van der Waals surface area contributed by atoms with Gasteiger partial charge in [-0.25, -0.2) is 4.39 Å². The third-order valence-corrected chi connectivity index (χ3v) is 2.82. The van der Waals surface area contributed by atoms with Crippen LogP contribution < -0.4 is 10.1 Å². The smallest absolute Gasteiger partial charge is 0.259 e. The van der Waals surface area contributed by atoms with Gasteiger partial charge in [0.25, 0.3) is 5.91 Å². The number of ether oxygens (including phenoxy) is 1. The molecule has 3 rings (SSSR count). The van der Waals surface area contributed by atoms with Crippen LogP contribution in [0.4, 0.5) is 4.39 Å². The molecule has 1 aliphatic rings. The van der Waals surface area contributed by atoms with Gasteiger partial charge in [-0.1, -0.05) is 30.3 Å². The summed E-state index contributed by atoms with van der Waals surface area (Å²) in [5, 5.41) is 2.71. The molecule has 94 valence electrons. The quantitative estimate of drug-likeness (QED) is 0.850. The van der Waals surface area contributed by atoms with Crippen molar-refractivity contribution < 1.29 is 13.9 Å². The first kappa shape index (κ1) is 11.5. The third-order valence-electron chi connectivity index (χ3n) is 2.82. The van der Waals surface area contributed by atoms with Gasteiger partial charge >= 0.3 is 0 Å². The maximum atomic E-state index is 13.2. The number of nitrogens with one attached hydrogen (secondary N) is 1. The number of amides is 1. The van der Waals surface area contributed by atoms with Crippen molar-refractivity contribution in [1.82, 2.24) is 5.32 Å². The highest BCUT2D eigenvalue weighted by molar-refractivity contribution is 6.02. The Morgan fingerprint density at radius 3 is 2.63 bits per heavy atom. The van der Waals surface area contributed by atoms with Gasteiger partial charge in [-0.2, -0.15) is 0 Å². The summed E-state index contributed by atoms with van der Waals surface area (Å²) in [6, 6.07) is 13.2. The zero-order chi connectivity index (χ0) is 13.2. The van der Waals surface area contributed by atoms with E-state index in [9.17, 15) is 9.18 Å². The lowest BCUT2D eigenvalue weighted by molar-refractivity contribution is 0.0973. The number of hydrogen-bond acceptors (Lipinski definition) is 2. The van der Waals surface area contributed by atoms with E-state index in [1.54, 1.807) is 0 Å². The first-order chi connectivity index (χ1) is 9.24. The van der Waals surface area contributed by atoms with Gasteiger partial charge in [0, 0.05) is 5.56 Å². The Balaban J connectivity index is 2.00. The predicted octanol–water partition coefficient (Wildman–Crippen LogP) is 2.95. The van der Waals surface area contributed by atoms with Gasteiger partial charge in [-0.3, -0.25) is 4.79 Å². The van der Waals surface area contributed by atoms with E-state index in [1.807, 2.05) is 30.3 Å². The molecule has 0 aromatic heterocycles. The van der Waals surface area contributed by atoms with Crippen LogP contribution in [0.5, 0.6) is 5.75 Å². The fourth-order valence-electron chi connectivity index (χ4n) is 1.88. The predicted molar refractivity (Wildman–Crippen MR) is 68.9 cm³/mol. The van der Waals surface area contributed by atoms with Crippen LogP contribution in [0.25, 0.3) is 5.70 Å². The highest BCUT2D eigenvalue weighted by atomic mass is 19.1. The molecule has 0 unspecified atom stereocenters. The number of rotatable bonds is 1. The van der Waals surface area contributed by atoms with Gasteiger partial charge in [0.15, 0.2) is 0 Å². The average Bonchev–Trinajstić information content (AvgIpc) is 2.60. The number of carbonyl (C=O) groups excluding carboxylic acids is 1. The molecular weight excluding hydrogens is 245 g/mol. The van der Waals surface area contributed by atoms with E-state index in [4.69, 9.17) is 4.74 Å². The average molecular weight is 255 g/mol. The molecule has 0 saturated heterocycles. The van der Waals surface area contributed by atoms with Crippen molar-refractivity contribution in [2.24, 2.45) is 0 Å². The van der Waals surface area contributed by atoms with E-state index in [-0.39, 0.29) is 11.5 Å². The Hall–Kier alpha value is -2.62. The van der Waals surface area contributed by atoms with Gasteiger partial charge in [0.1, 0.15) is 17.8 Å². The Labute approximate surface area is 109 Å². The first-order valence-corrected chi connectivity index (χ1v) is 5.77. The fraction of sp³-hybridized carbons (Fsp3) is 0. The van der Waals surface area contributed by atoms with E-state index < -0.39 is 5.82 Å². The van der Waals surface area contributed by atoms with Crippen molar-refractivity contribution in [2.75, 3.05) is 0 Å². The van der Waals surface area contributed by atoms with E-state index in [0.29, 0.717) is 11.4 Å². The van der Waals surface area contributed by atoms with Gasteiger partial charge in [0.05, 0.1) is 11.3 Å². The van der Waals surface area contributed by atoms with Crippen molar-refractivity contribution in [1.29, 1.82) is 0 Å². The third kappa shape index (κ3) is 2.20. The summed E-state index contributed by atoms with van der Waals surface area (Å²) >= 11 is 0. The summed E-state index contributed by atoms with van der Waals surface area (Å²) in [7, 11) is 0. The minimum Gasteiger partial charge on any atom is -0.462 e. The molecule has 1 aliphatic heterocycles. The lowest BCUT2D eigenvalue weighted by Crippen LogP contribution is -2.20. The van der Waals surface area contributed by atoms with Crippen molar-refractivity contribution in [3.8, 4) is 5.75 Å². The maximum Gasteiger partial charge on any atom is 0.259 e. The Kier molecular flexibility index (Phi) is 2.76. The summed E-state index contributed by atoms with van der Waals surface area (Å²) in [6.07, 6.45) is 1.46. The summed E-state index contributed by atoms with van der Waals surface area (Å²) in [5.74, 6) is -0.521. The molecule has 2 aromatic rings. The zero-order valence-electron chi connectivity index (χ0n) is 9.89. The van der Waals surface area contributed by atoms with Crippen LogP contribution >= 0.6 is 0 Å².